The zero-order valence-corrected chi connectivity index (χ0v) is 13.0. The Morgan fingerprint density at radius 1 is 1.09 bits per heavy atom. The Hall–Kier alpha value is -1.59. The van der Waals surface area contributed by atoms with Crippen LogP contribution in [-0.2, 0) is 6.54 Å². The predicted octanol–water partition coefficient (Wildman–Crippen LogP) is 0.804. The normalized spacial score (nSPS) is 25.5. The molecule has 5 heteroatoms. The summed E-state index contributed by atoms with van der Waals surface area (Å²) in [6.45, 7) is 6.96. The molecule has 3 aliphatic heterocycles. The van der Waals surface area contributed by atoms with Gasteiger partial charge in [0.2, 0.25) is 0 Å². The molecule has 1 aromatic rings. The number of nitrogens with zero attached hydrogens (tertiary/aromatic N) is 2. The van der Waals surface area contributed by atoms with E-state index in [9.17, 15) is 4.79 Å². The number of amides is 1. The highest BCUT2D eigenvalue weighted by Gasteiger charge is 2.33. The van der Waals surface area contributed by atoms with Gasteiger partial charge in [-0.3, -0.25) is 4.79 Å². The summed E-state index contributed by atoms with van der Waals surface area (Å²) in [6.07, 6.45) is 2.29. The van der Waals surface area contributed by atoms with Crippen LogP contribution >= 0.6 is 0 Å². The van der Waals surface area contributed by atoms with Gasteiger partial charge in [-0.15, -0.1) is 0 Å². The molecule has 118 valence electrons. The third-order valence-corrected chi connectivity index (χ3v) is 5.11. The van der Waals surface area contributed by atoms with Crippen LogP contribution in [0.3, 0.4) is 0 Å². The van der Waals surface area contributed by atoms with Crippen LogP contribution in [0.4, 0.5) is 5.69 Å². The van der Waals surface area contributed by atoms with E-state index in [1.54, 1.807) is 0 Å². The number of piperidine rings is 1. The van der Waals surface area contributed by atoms with Gasteiger partial charge in [0, 0.05) is 56.6 Å². The molecule has 0 aliphatic carbocycles. The number of carbonyl (C=O) groups is 1. The second kappa shape index (κ2) is 5.89. The van der Waals surface area contributed by atoms with E-state index in [2.05, 4.69) is 32.6 Å². The van der Waals surface area contributed by atoms with Crippen molar-refractivity contribution in [3.8, 4) is 0 Å². The maximum atomic E-state index is 12.7. The summed E-state index contributed by atoms with van der Waals surface area (Å²) in [5, 5.41) is 6.80. The second-order valence-electron chi connectivity index (χ2n) is 6.51. The lowest BCUT2D eigenvalue weighted by molar-refractivity contribution is 0.0674. The van der Waals surface area contributed by atoms with Crippen molar-refractivity contribution in [2.75, 3.05) is 44.2 Å². The van der Waals surface area contributed by atoms with Crippen LogP contribution in [0.5, 0.6) is 0 Å². The number of hydrogen-bond donors (Lipinski definition) is 2. The minimum absolute atomic E-state index is 0.218. The molecule has 0 aromatic heterocycles. The minimum atomic E-state index is 0.218. The van der Waals surface area contributed by atoms with E-state index in [4.69, 9.17) is 0 Å². The Morgan fingerprint density at radius 2 is 1.95 bits per heavy atom. The highest BCUT2D eigenvalue weighted by atomic mass is 16.2. The lowest BCUT2D eigenvalue weighted by Gasteiger charge is -2.31. The SMILES string of the molecule is O=C1c2ccc(N3CCNCC3)cc2CN1[C@H]1CCCNC1. The summed E-state index contributed by atoms with van der Waals surface area (Å²) >= 11 is 0. The Bertz CT molecular complexity index is 562. The van der Waals surface area contributed by atoms with E-state index >= 15 is 0 Å². The molecule has 2 N–H and O–H groups in total. The first-order chi connectivity index (χ1) is 10.8. The third kappa shape index (κ3) is 2.48. The average molecular weight is 300 g/mol. The predicted molar refractivity (Wildman–Crippen MR) is 87.3 cm³/mol. The molecule has 1 aromatic carbocycles. The molecule has 3 aliphatic rings. The molecule has 0 spiro atoms. The fraction of sp³-hybridized carbons (Fsp3) is 0.588. The van der Waals surface area contributed by atoms with Crippen molar-refractivity contribution in [3.05, 3.63) is 29.3 Å². The van der Waals surface area contributed by atoms with E-state index in [1.165, 1.54) is 11.3 Å². The Labute approximate surface area is 131 Å². The van der Waals surface area contributed by atoms with E-state index < -0.39 is 0 Å². The van der Waals surface area contributed by atoms with Crippen LogP contribution in [0, 0.1) is 0 Å². The molecule has 2 saturated heterocycles. The first-order valence-corrected chi connectivity index (χ1v) is 8.43. The number of nitrogens with one attached hydrogen (secondary N) is 2. The smallest absolute Gasteiger partial charge is 0.254 e. The van der Waals surface area contributed by atoms with Gasteiger partial charge >= 0.3 is 0 Å². The number of carbonyl (C=O) groups excluding carboxylic acids is 1. The van der Waals surface area contributed by atoms with Gasteiger partial charge in [-0.1, -0.05) is 0 Å². The monoisotopic (exact) mass is 300 g/mol. The van der Waals surface area contributed by atoms with Crippen molar-refractivity contribution in [1.29, 1.82) is 0 Å². The lowest BCUT2D eigenvalue weighted by Crippen LogP contribution is -2.46. The van der Waals surface area contributed by atoms with Crippen molar-refractivity contribution >= 4 is 11.6 Å². The summed E-state index contributed by atoms with van der Waals surface area (Å²) in [6, 6.07) is 6.74. The molecular weight excluding hydrogens is 276 g/mol. The number of rotatable bonds is 2. The van der Waals surface area contributed by atoms with Crippen LogP contribution in [-0.4, -0.2) is 56.1 Å². The average Bonchev–Trinajstić information content (AvgIpc) is 2.93. The van der Waals surface area contributed by atoms with E-state index in [-0.39, 0.29) is 5.91 Å². The van der Waals surface area contributed by atoms with Crippen LogP contribution in [0.15, 0.2) is 18.2 Å². The molecule has 1 amide bonds. The van der Waals surface area contributed by atoms with Gasteiger partial charge in [-0.2, -0.15) is 0 Å². The zero-order chi connectivity index (χ0) is 14.9. The van der Waals surface area contributed by atoms with Crippen LogP contribution in [0.1, 0.15) is 28.8 Å². The molecule has 1 atom stereocenters. The maximum Gasteiger partial charge on any atom is 0.254 e. The van der Waals surface area contributed by atoms with Crippen molar-refractivity contribution in [3.63, 3.8) is 0 Å². The molecule has 0 radical (unpaired) electrons. The maximum absolute atomic E-state index is 12.7. The molecule has 3 heterocycles. The number of anilines is 1. The molecule has 5 nitrogen and oxygen atoms in total. The lowest BCUT2D eigenvalue weighted by atomic mass is 10.1. The number of fused-ring (bicyclic) bond motifs is 1. The van der Waals surface area contributed by atoms with Gasteiger partial charge in [0.05, 0.1) is 0 Å². The molecule has 2 fully saturated rings. The number of hydrogen-bond acceptors (Lipinski definition) is 4. The van der Waals surface area contributed by atoms with Gasteiger partial charge in [-0.05, 0) is 43.1 Å². The molecule has 0 unspecified atom stereocenters. The molecule has 0 saturated carbocycles. The molecule has 22 heavy (non-hydrogen) atoms. The Kier molecular flexibility index (Phi) is 3.76. The van der Waals surface area contributed by atoms with Gasteiger partial charge in [0.15, 0.2) is 0 Å². The Balaban J connectivity index is 1.54. The fourth-order valence-electron chi connectivity index (χ4n) is 3.84. The van der Waals surface area contributed by atoms with Crippen molar-refractivity contribution in [2.24, 2.45) is 0 Å². The second-order valence-corrected chi connectivity index (χ2v) is 6.51. The van der Waals surface area contributed by atoms with Crippen molar-refractivity contribution < 1.29 is 4.79 Å². The van der Waals surface area contributed by atoms with Crippen molar-refractivity contribution in [2.45, 2.75) is 25.4 Å². The van der Waals surface area contributed by atoms with E-state index in [1.807, 2.05) is 6.07 Å². The van der Waals surface area contributed by atoms with Gasteiger partial charge in [0.25, 0.3) is 5.91 Å². The topological polar surface area (TPSA) is 47.6 Å². The van der Waals surface area contributed by atoms with Gasteiger partial charge in [0.1, 0.15) is 0 Å². The fourth-order valence-corrected chi connectivity index (χ4v) is 3.84. The number of benzene rings is 1. The summed E-state index contributed by atoms with van der Waals surface area (Å²) in [5.41, 5.74) is 3.37. The standard InChI is InChI=1S/C17H24N4O/c22-17-16-4-3-14(20-8-6-18-7-9-20)10-13(16)12-21(17)15-2-1-5-19-11-15/h3-4,10,15,18-19H,1-2,5-9,11-12H2/t15-/m0/s1. The quantitative estimate of drug-likeness (QED) is 0.848. The van der Waals surface area contributed by atoms with Crippen LogP contribution < -0.4 is 15.5 Å². The van der Waals surface area contributed by atoms with Crippen LogP contribution in [0.2, 0.25) is 0 Å². The summed E-state index contributed by atoms with van der Waals surface area (Å²) in [4.78, 5) is 17.1. The highest BCUT2D eigenvalue weighted by Crippen LogP contribution is 2.30. The minimum Gasteiger partial charge on any atom is -0.369 e. The number of piperazine rings is 1. The summed E-state index contributed by atoms with van der Waals surface area (Å²) < 4.78 is 0. The molecular formula is C17H24N4O. The molecule has 0 bridgehead atoms. The molecule has 4 rings (SSSR count). The van der Waals surface area contributed by atoms with E-state index in [0.29, 0.717) is 6.04 Å². The van der Waals surface area contributed by atoms with Gasteiger partial charge < -0.3 is 20.4 Å². The first-order valence-electron chi connectivity index (χ1n) is 8.43. The largest absolute Gasteiger partial charge is 0.369 e. The third-order valence-electron chi connectivity index (χ3n) is 5.11. The zero-order valence-electron chi connectivity index (χ0n) is 13.0. The van der Waals surface area contributed by atoms with Crippen molar-refractivity contribution in [1.82, 2.24) is 15.5 Å². The highest BCUT2D eigenvalue weighted by molar-refractivity contribution is 5.99. The van der Waals surface area contributed by atoms with Crippen LogP contribution in [0.25, 0.3) is 0 Å². The summed E-state index contributed by atoms with van der Waals surface area (Å²) in [5.74, 6) is 0.218. The van der Waals surface area contributed by atoms with E-state index in [0.717, 1.165) is 64.2 Å². The van der Waals surface area contributed by atoms with Gasteiger partial charge in [-0.25, -0.2) is 0 Å². The summed E-state index contributed by atoms with van der Waals surface area (Å²) in [7, 11) is 0. The first kappa shape index (κ1) is 14.0. The Morgan fingerprint density at radius 3 is 2.73 bits per heavy atom.